The van der Waals surface area contributed by atoms with Gasteiger partial charge in [-0.3, -0.25) is 4.79 Å². The Morgan fingerprint density at radius 2 is 2.03 bits per heavy atom. The largest absolute Gasteiger partial charge is 0.465 e. The second-order valence-corrected chi connectivity index (χ2v) is 10.1. The molecular formula is C26H31N7O3. The van der Waals surface area contributed by atoms with Gasteiger partial charge in [0.25, 0.3) is 0 Å². The van der Waals surface area contributed by atoms with Gasteiger partial charge >= 0.3 is 6.09 Å². The Bertz CT molecular complexity index is 1220. The topological polar surface area (TPSA) is 134 Å². The molecule has 0 radical (unpaired) electrons. The van der Waals surface area contributed by atoms with Crippen LogP contribution >= 0.6 is 0 Å². The molecule has 1 aromatic heterocycles. The van der Waals surface area contributed by atoms with E-state index in [1.165, 1.54) is 4.90 Å². The third-order valence-corrected chi connectivity index (χ3v) is 7.61. The minimum absolute atomic E-state index is 0.0231. The molecule has 2 aliphatic heterocycles. The molecule has 0 bridgehead atoms. The molecule has 1 aliphatic carbocycles. The summed E-state index contributed by atoms with van der Waals surface area (Å²) in [6.07, 6.45) is 4.16. The molecule has 1 spiro atoms. The lowest BCUT2D eigenvalue weighted by molar-refractivity contribution is -0.120. The van der Waals surface area contributed by atoms with Crippen LogP contribution in [-0.2, 0) is 17.6 Å². The molecule has 2 saturated heterocycles. The molecular weight excluding hydrogens is 458 g/mol. The second kappa shape index (κ2) is 9.64. The maximum Gasteiger partial charge on any atom is 0.407 e. The highest BCUT2D eigenvalue weighted by atomic mass is 16.4. The van der Waals surface area contributed by atoms with E-state index in [0.717, 1.165) is 67.8 Å². The highest BCUT2D eigenvalue weighted by Gasteiger charge is 2.50. The van der Waals surface area contributed by atoms with Crippen molar-refractivity contribution in [3.63, 3.8) is 0 Å². The average molecular weight is 490 g/mol. The Kier molecular flexibility index (Phi) is 6.39. The number of nitrogens with zero attached hydrogens (tertiary/aromatic N) is 5. The van der Waals surface area contributed by atoms with Crippen molar-refractivity contribution >= 4 is 23.8 Å². The molecule has 0 saturated carbocycles. The number of anilines is 2. The zero-order chi connectivity index (χ0) is 25.3. The fourth-order valence-corrected chi connectivity index (χ4v) is 5.63. The smallest absolute Gasteiger partial charge is 0.407 e. The van der Waals surface area contributed by atoms with Crippen LogP contribution in [0.1, 0.15) is 54.1 Å². The molecule has 3 heterocycles. The maximum absolute atomic E-state index is 12.4. The first kappa shape index (κ1) is 23.9. The predicted octanol–water partition coefficient (Wildman–Crippen LogP) is 2.71. The maximum atomic E-state index is 12.4. The van der Waals surface area contributed by atoms with Gasteiger partial charge in [0.1, 0.15) is 5.82 Å². The van der Waals surface area contributed by atoms with E-state index in [9.17, 15) is 20.0 Å². The zero-order valence-electron chi connectivity index (χ0n) is 20.5. The van der Waals surface area contributed by atoms with Gasteiger partial charge in [-0.25, -0.2) is 9.78 Å². The van der Waals surface area contributed by atoms with Crippen molar-refractivity contribution < 1.29 is 14.7 Å². The number of likely N-dealkylation sites (tertiary alicyclic amines) is 1. The number of amides is 2. The van der Waals surface area contributed by atoms with Crippen molar-refractivity contribution in [2.24, 2.45) is 5.41 Å². The molecule has 2 aromatic rings. The highest BCUT2D eigenvalue weighted by molar-refractivity contribution is 5.77. The van der Waals surface area contributed by atoms with Crippen LogP contribution in [-0.4, -0.2) is 65.2 Å². The van der Waals surface area contributed by atoms with Crippen molar-refractivity contribution in [3.05, 3.63) is 46.6 Å². The molecule has 5 rings (SSSR count). The molecule has 1 atom stereocenters. The lowest BCUT2D eigenvalue weighted by Crippen LogP contribution is -2.59. The third-order valence-electron chi connectivity index (χ3n) is 7.61. The minimum Gasteiger partial charge on any atom is -0.465 e. The summed E-state index contributed by atoms with van der Waals surface area (Å²) in [6.45, 7) is 2.63. The molecule has 3 aliphatic rings. The van der Waals surface area contributed by atoms with Crippen LogP contribution in [0.2, 0.25) is 0 Å². The van der Waals surface area contributed by atoms with E-state index >= 15 is 0 Å². The highest BCUT2D eigenvalue weighted by Crippen LogP contribution is 2.41. The van der Waals surface area contributed by atoms with Gasteiger partial charge in [0, 0.05) is 44.2 Å². The zero-order valence-corrected chi connectivity index (χ0v) is 20.5. The Hall–Kier alpha value is -3.87. The number of fused-ring (bicyclic) bond motifs is 1. The fourth-order valence-electron chi connectivity index (χ4n) is 5.63. The van der Waals surface area contributed by atoms with Crippen LogP contribution in [0.25, 0.3) is 0 Å². The summed E-state index contributed by atoms with van der Waals surface area (Å²) in [4.78, 5) is 37.2. The monoisotopic (exact) mass is 489 g/mol. The SMILES string of the molecule is CNC(=O)CC(Nc1nc(N2CCC3(CN(C(=O)O)C3)C2)nc2c1CCCC2)c1cccc(C#N)c1. The summed E-state index contributed by atoms with van der Waals surface area (Å²) in [5.74, 6) is 1.30. The molecule has 188 valence electrons. The van der Waals surface area contributed by atoms with Gasteiger partial charge in [0.15, 0.2) is 0 Å². The van der Waals surface area contributed by atoms with E-state index in [4.69, 9.17) is 9.97 Å². The Labute approximate surface area is 210 Å². The number of aromatic nitrogens is 2. The van der Waals surface area contributed by atoms with Gasteiger partial charge in [0.05, 0.1) is 29.8 Å². The molecule has 2 amide bonds. The van der Waals surface area contributed by atoms with Crippen molar-refractivity contribution in [3.8, 4) is 6.07 Å². The summed E-state index contributed by atoms with van der Waals surface area (Å²) < 4.78 is 0. The van der Waals surface area contributed by atoms with Gasteiger partial charge in [-0.15, -0.1) is 0 Å². The van der Waals surface area contributed by atoms with Gasteiger partial charge in [-0.05, 0) is 49.8 Å². The van der Waals surface area contributed by atoms with Gasteiger partial charge < -0.3 is 25.5 Å². The van der Waals surface area contributed by atoms with Crippen LogP contribution in [0.15, 0.2) is 24.3 Å². The summed E-state index contributed by atoms with van der Waals surface area (Å²) in [5, 5.41) is 24.9. The van der Waals surface area contributed by atoms with Crippen LogP contribution in [0, 0.1) is 16.7 Å². The number of rotatable bonds is 6. The fraction of sp³-hybridized carbons (Fsp3) is 0.500. The quantitative estimate of drug-likeness (QED) is 0.564. The number of nitrogens with one attached hydrogen (secondary N) is 2. The number of hydrogen-bond acceptors (Lipinski definition) is 7. The lowest BCUT2D eigenvalue weighted by atomic mass is 9.79. The van der Waals surface area contributed by atoms with Gasteiger partial charge in [-0.1, -0.05) is 12.1 Å². The Morgan fingerprint density at radius 3 is 2.78 bits per heavy atom. The van der Waals surface area contributed by atoms with Crippen LogP contribution in [0.3, 0.4) is 0 Å². The molecule has 3 N–H and O–H groups in total. The number of carbonyl (C=O) groups excluding carboxylic acids is 1. The first-order valence-corrected chi connectivity index (χ1v) is 12.5. The standard InChI is InChI=1S/C26H31N7O3/c1-28-22(34)12-21(18-6-4-5-17(11-18)13-27)29-23-19-7-2-3-8-20(19)30-24(31-23)32-10-9-26(14-32)15-33(16-26)25(35)36/h4-6,11,21H,2-3,7-10,12,14-16H2,1H3,(H,28,34)(H,35,36)(H,29,30,31). The van der Waals surface area contributed by atoms with Gasteiger partial charge in [-0.2, -0.15) is 10.2 Å². The number of carbonyl (C=O) groups is 2. The number of aryl methyl sites for hydroxylation is 1. The molecule has 10 nitrogen and oxygen atoms in total. The molecule has 10 heteroatoms. The van der Waals surface area contributed by atoms with Crippen molar-refractivity contribution in [1.29, 1.82) is 5.26 Å². The third kappa shape index (κ3) is 4.65. The number of carboxylic acid groups (broad SMARTS) is 1. The number of hydrogen-bond donors (Lipinski definition) is 3. The first-order chi connectivity index (χ1) is 17.4. The molecule has 1 unspecified atom stereocenters. The van der Waals surface area contributed by atoms with Crippen LogP contribution < -0.4 is 15.5 Å². The van der Waals surface area contributed by atoms with E-state index in [-0.39, 0.29) is 23.8 Å². The van der Waals surface area contributed by atoms with E-state index in [1.54, 1.807) is 13.1 Å². The Balaban J connectivity index is 1.44. The van der Waals surface area contributed by atoms with E-state index in [1.807, 2.05) is 18.2 Å². The van der Waals surface area contributed by atoms with E-state index < -0.39 is 6.09 Å². The van der Waals surface area contributed by atoms with E-state index in [2.05, 4.69) is 21.6 Å². The van der Waals surface area contributed by atoms with Crippen molar-refractivity contribution in [2.75, 3.05) is 43.4 Å². The summed E-state index contributed by atoms with van der Waals surface area (Å²) in [6, 6.07) is 9.13. The average Bonchev–Trinajstić information content (AvgIpc) is 3.33. The summed E-state index contributed by atoms with van der Waals surface area (Å²) >= 11 is 0. The lowest BCUT2D eigenvalue weighted by Gasteiger charge is -2.46. The van der Waals surface area contributed by atoms with E-state index in [0.29, 0.717) is 24.6 Å². The Morgan fingerprint density at radius 1 is 1.22 bits per heavy atom. The summed E-state index contributed by atoms with van der Waals surface area (Å²) in [7, 11) is 1.62. The molecule has 36 heavy (non-hydrogen) atoms. The number of benzene rings is 1. The predicted molar refractivity (Wildman–Crippen MR) is 134 cm³/mol. The van der Waals surface area contributed by atoms with Crippen LogP contribution in [0.4, 0.5) is 16.6 Å². The van der Waals surface area contributed by atoms with Gasteiger partial charge in [0.2, 0.25) is 11.9 Å². The van der Waals surface area contributed by atoms with Crippen LogP contribution in [0.5, 0.6) is 0 Å². The summed E-state index contributed by atoms with van der Waals surface area (Å²) in [5.41, 5.74) is 3.51. The van der Waals surface area contributed by atoms with Crippen molar-refractivity contribution in [1.82, 2.24) is 20.2 Å². The number of nitriles is 1. The molecule has 2 fully saturated rings. The molecule has 1 aromatic carbocycles. The minimum atomic E-state index is -0.863. The van der Waals surface area contributed by atoms with Crippen molar-refractivity contribution in [2.45, 2.75) is 44.6 Å². The normalized spacial score (nSPS) is 18.7. The first-order valence-electron chi connectivity index (χ1n) is 12.5. The second-order valence-electron chi connectivity index (χ2n) is 10.1.